The number of nitrogens with two attached hydrogens (primary N) is 1. The summed E-state index contributed by atoms with van der Waals surface area (Å²) in [5.74, 6) is 0. The van der Waals surface area contributed by atoms with Crippen LogP contribution >= 0.6 is 0 Å². The van der Waals surface area contributed by atoms with Crippen molar-refractivity contribution in [2.45, 2.75) is 25.3 Å². The maximum Gasteiger partial charge on any atom is 0.315 e. The van der Waals surface area contributed by atoms with Gasteiger partial charge in [0.1, 0.15) is 11.4 Å². The van der Waals surface area contributed by atoms with Gasteiger partial charge in [-0.05, 0) is 31.5 Å². The molecule has 2 aliphatic heterocycles. The summed E-state index contributed by atoms with van der Waals surface area (Å²) in [6.45, 7) is 3.85. The smallest absolute Gasteiger partial charge is 0.315 e. The standard InChI is InChI=1S/C14H20N4O2/c15-12-5-3-6-13(14(12)18(19)20)17-9-8-16-7-2-1-4-11(16)10-17/h3,5-6,11H,1-2,4,7-10,15H2. The van der Waals surface area contributed by atoms with Gasteiger partial charge in [0.2, 0.25) is 0 Å². The molecule has 1 aromatic carbocycles. The third-order valence-electron chi connectivity index (χ3n) is 4.41. The van der Waals surface area contributed by atoms with Crippen LogP contribution in [0.2, 0.25) is 0 Å². The molecular weight excluding hydrogens is 256 g/mol. The number of hydrogen-bond donors (Lipinski definition) is 1. The number of para-hydroxylation sites is 1. The molecule has 0 bridgehead atoms. The summed E-state index contributed by atoms with van der Waals surface area (Å²) in [4.78, 5) is 15.5. The molecule has 0 saturated carbocycles. The van der Waals surface area contributed by atoms with E-state index in [0.29, 0.717) is 11.7 Å². The molecule has 0 aliphatic carbocycles. The molecule has 0 radical (unpaired) electrons. The fourth-order valence-corrected chi connectivity index (χ4v) is 3.38. The first kappa shape index (κ1) is 13.2. The lowest BCUT2D eigenvalue weighted by Gasteiger charge is -2.44. The fraction of sp³-hybridized carbons (Fsp3) is 0.571. The molecule has 2 saturated heterocycles. The Morgan fingerprint density at radius 2 is 2.10 bits per heavy atom. The number of nitrogen functional groups attached to an aromatic ring is 1. The molecule has 6 heteroatoms. The molecule has 1 unspecified atom stereocenters. The van der Waals surface area contributed by atoms with Crippen molar-refractivity contribution in [1.29, 1.82) is 0 Å². The number of hydrogen-bond acceptors (Lipinski definition) is 5. The second kappa shape index (κ2) is 5.28. The molecule has 0 amide bonds. The highest BCUT2D eigenvalue weighted by Gasteiger charge is 2.32. The van der Waals surface area contributed by atoms with Crippen LogP contribution in [-0.4, -0.2) is 42.0 Å². The number of fused-ring (bicyclic) bond motifs is 1. The molecule has 108 valence electrons. The second-order valence-electron chi connectivity index (χ2n) is 5.60. The minimum Gasteiger partial charge on any atom is -0.393 e. The van der Waals surface area contributed by atoms with Crippen LogP contribution in [0.15, 0.2) is 18.2 Å². The maximum atomic E-state index is 11.3. The monoisotopic (exact) mass is 276 g/mol. The topological polar surface area (TPSA) is 75.6 Å². The molecule has 1 atom stereocenters. The number of rotatable bonds is 2. The number of nitrogens with zero attached hydrogens (tertiary/aromatic N) is 3. The molecule has 0 aromatic heterocycles. The molecule has 2 aliphatic rings. The van der Waals surface area contributed by atoms with Crippen molar-refractivity contribution in [3.63, 3.8) is 0 Å². The number of piperidine rings is 1. The molecule has 1 aromatic rings. The Hall–Kier alpha value is -1.82. The van der Waals surface area contributed by atoms with E-state index >= 15 is 0 Å². The van der Waals surface area contributed by atoms with Gasteiger partial charge in [-0.25, -0.2) is 0 Å². The zero-order valence-corrected chi connectivity index (χ0v) is 11.5. The average Bonchev–Trinajstić information content (AvgIpc) is 2.46. The molecule has 6 nitrogen and oxygen atoms in total. The highest BCUT2D eigenvalue weighted by Crippen LogP contribution is 2.35. The van der Waals surface area contributed by atoms with Crippen molar-refractivity contribution >= 4 is 17.1 Å². The van der Waals surface area contributed by atoms with Gasteiger partial charge in [-0.1, -0.05) is 12.5 Å². The summed E-state index contributed by atoms with van der Waals surface area (Å²) in [5.41, 5.74) is 6.75. The Balaban J connectivity index is 1.86. The average molecular weight is 276 g/mol. The van der Waals surface area contributed by atoms with Crippen molar-refractivity contribution in [3.8, 4) is 0 Å². The molecular formula is C14H20N4O2. The first-order valence-corrected chi connectivity index (χ1v) is 7.18. The van der Waals surface area contributed by atoms with E-state index in [1.807, 2.05) is 6.07 Å². The summed E-state index contributed by atoms with van der Waals surface area (Å²) in [6, 6.07) is 5.73. The van der Waals surface area contributed by atoms with E-state index in [1.165, 1.54) is 19.3 Å². The lowest BCUT2D eigenvalue weighted by Crippen LogP contribution is -2.55. The van der Waals surface area contributed by atoms with Gasteiger partial charge < -0.3 is 10.6 Å². The van der Waals surface area contributed by atoms with Gasteiger partial charge in [-0.2, -0.15) is 0 Å². The van der Waals surface area contributed by atoms with Crippen LogP contribution in [0.5, 0.6) is 0 Å². The van der Waals surface area contributed by atoms with Crippen LogP contribution in [0.1, 0.15) is 19.3 Å². The van der Waals surface area contributed by atoms with Gasteiger partial charge in [-0.15, -0.1) is 0 Å². The molecule has 2 heterocycles. The summed E-state index contributed by atoms with van der Waals surface area (Å²) < 4.78 is 0. The fourth-order valence-electron chi connectivity index (χ4n) is 3.38. The number of anilines is 2. The minimum absolute atomic E-state index is 0.0526. The predicted molar refractivity (Wildman–Crippen MR) is 78.9 cm³/mol. The number of nitro benzene ring substituents is 1. The van der Waals surface area contributed by atoms with E-state index in [4.69, 9.17) is 5.73 Å². The lowest BCUT2D eigenvalue weighted by molar-refractivity contribution is -0.383. The van der Waals surface area contributed by atoms with Crippen molar-refractivity contribution < 1.29 is 4.92 Å². The summed E-state index contributed by atoms with van der Waals surface area (Å²) in [5, 5.41) is 11.3. The van der Waals surface area contributed by atoms with Crippen LogP contribution in [0.4, 0.5) is 17.1 Å². The van der Waals surface area contributed by atoms with Gasteiger partial charge in [0.15, 0.2) is 0 Å². The van der Waals surface area contributed by atoms with Crippen molar-refractivity contribution in [2.24, 2.45) is 0 Å². The van der Waals surface area contributed by atoms with E-state index in [2.05, 4.69) is 9.80 Å². The van der Waals surface area contributed by atoms with E-state index in [9.17, 15) is 10.1 Å². The molecule has 20 heavy (non-hydrogen) atoms. The van der Waals surface area contributed by atoms with Gasteiger partial charge >= 0.3 is 5.69 Å². The third kappa shape index (κ3) is 2.31. The summed E-state index contributed by atoms with van der Waals surface area (Å²) >= 11 is 0. The van der Waals surface area contributed by atoms with Gasteiger partial charge in [0.25, 0.3) is 0 Å². The third-order valence-corrected chi connectivity index (χ3v) is 4.41. The Bertz CT molecular complexity index is 520. The Morgan fingerprint density at radius 1 is 1.25 bits per heavy atom. The SMILES string of the molecule is Nc1cccc(N2CCN3CCCCC3C2)c1[N+](=O)[O-]. The molecule has 0 spiro atoms. The minimum atomic E-state index is -0.363. The maximum absolute atomic E-state index is 11.3. The lowest BCUT2D eigenvalue weighted by atomic mass is 9.99. The van der Waals surface area contributed by atoms with E-state index in [1.54, 1.807) is 12.1 Å². The number of piperazine rings is 1. The number of nitro groups is 1. The van der Waals surface area contributed by atoms with Crippen LogP contribution in [-0.2, 0) is 0 Å². The normalized spacial score (nSPS) is 23.4. The first-order valence-electron chi connectivity index (χ1n) is 7.18. The van der Waals surface area contributed by atoms with Crippen molar-refractivity contribution in [2.75, 3.05) is 36.8 Å². The first-order chi connectivity index (χ1) is 9.66. The summed E-state index contributed by atoms with van der Waals surface area (Å²) in [6.07, 6.45) is 3.72. The van der Waals surface area contributed by atoms with Gasteiger partial charge in [-0.3, -0.25) is 15.0 Å². The van der Waals surface area contributed by atoms with Crippen molar-refractivity contribution in [3.05, 3.63) is 28.3 Å². The zero-order chi connectivity index (χ0) is 14.1. The van der Waals surface area contributed by atoms with Crippen LogP contribution in [0.25, 0.3) is 0 Å². The van der Waals surface area contributed by atoms with Crippen LogP contribution < -0.4 is 10.6 Å². The Morgan fingerprint density at radius 3 is 2.90 bits per heavy atom. The molecule has 2 fully saturated rings. The summed E-state index contributed by atoms with van der Waals surface area (Å²) in [7, 11) is 0. The van der Waals surface area contributed by atoms with E-state index < -0.39 is 0 Å². The molecule has 3 rings (SSSR count). The van der Waals surface area contributed by atoms with Crippen molar-refractivity contribution in [1.82, 2.24) is 4.90 Å². The highest BCUT2D eigenvalue weighted by molar-refractivity contribution is 5.75. The van der Waals surface area contributed by atoms with Gasteiger partial charge in [0, 0.05) is 25.7 Å². The van der Waals surface area contributed by atoms with E-state index in [0.717, 1.165) is 26.2 Å². The predicted octanol–water partition coefficient (Wildman–Crippen LogP) is 1.85. The quantitative estimate of drug-likeness (QED) is 0.507. The zero-order valence-electron chi connectivity index (χ0n) is 11.5. The molecule has 2 N–H and O–H groups in total. The highest BCUT2D eigenvalue weighted by atomic mass is 16.6. The van der Waals surface area contributed by atoms with Gasteiger partial charge in [0.05, 0.1) is 4.92 Å². The van der Waals surface area contributed by atoms with Crippen LogP contribution in [0.3, 0.4) is 0 Å². The second-order valence-corrected chi connectivity index (χ2v) is 5.60. The van der Waals surface area contributed by atoms with E-state index in [-0.39, 0.29) is 16.3 Å². The van der Waals surface area contributed by atoms with Crippen LogP contribution in [0, 0.1) is 10.1 Å². The number of benzene rings is 1. The Labute approximate surface area is 118 Å². The largest absolute Gasteiger partial charge is 0.393 e. The Kier molecular flexibility index (Phi) is 3.48.